The van der Waals surface area contributed by atoms with Crippen LogP contribution >= 0.6 is 24.0 Å². The molecule has 1 aliphatic rings. The van der Waals surface area contributed by atoms with Crippen molar-refractivity contribution in [1.82, 2.24) is 10.6 Å². The smallest absolute Gasteiger partial charge is 0.269 e. The van der Waals surface area contributed by atoms with Crippen LogP contribution in [-0.4, -0.2) is 30.8 Å². The molecule has 0 atom stereocenters. The van der Waals surface area contributed by atoms with Gasteiger partial charge in [0.1, 0.15) is 0 Å². The lowest BCUT2D eigenvalue weighted by Gasteiger charge is -2.11. The molecule has 8 nitrogen and oxygen atoms in total. The second-order valence-electron chi connectivity index (χ2n) is 5.98. The number of nitrogens with zero attached hydrogens (tertiary/aromatic N) is 2. The van der Waals surface area contributed by atoms with Crippen molar-refractivity contribution in [2.24, 2.45) is 4.99 Å². The van der Waals surface area contributed by atoms with Gasteiger partial charge in [0.25, 0.3) is 5.69 Å². The molecule has 0 aliphatic carbocycles. The quantitative estimate of drug-likeness (QED) is 0.200. The van der Waals surface area contributed by atoms with Crippen molar-refractivity contribution >= 4 is 35.6 Å². The highest BCUT2D eigenvalue weighted by molar-refractivity contribution is 14.0. The Morgan fingerprint density at radius 2 is 1.82 bits per heavy atom. The van der Waals surface area contributed by atoms with E-state index in [1.165, 1.54) is 12.1 Å². The van der Waals surface area contributed by atoms with Crippen LogP contribution in [0.25, 0.3) is 0 Å². The van der Waals surface area contributed by atoms with E-state index < -0.39 is 4.92 Å². The monoisotopic (exact) mass is 498 g/mol. The Kier molecular flexibility index (Phi) is 8.30. The van der Waals surface area contributed by atoms with Crippen molar-refractivity contribution in [3.63, 3.8) is 0 Å². The standard InChI is InChI=1S/C19H22N4O4.HI/c1-2-20-19(22-12-15-3-6-16(7-4-15)23(24)25)21-10-9-14-5-8-17-18(11-14)27-13-26-17;/h3-8,11H,2,9-10,12-13H2,1H3,(H2,20,21,22);1H. The van der Waals surface area contributed by atoms with Gasteiger partial charge in [-0.1, -0.05) is 18.2 Å². The van der Waals surface area contributed by atoms with E-state index in [9.17, 15) is 10.1 Å². The first kappa shape index (κ1) is 21.7. The van der Waals surface area contributed by atoms with E-state index in [4.69, 9.17) is 9.47 Å². The van der Waals surface area contributed by atoms with Crippen molar-refractivity contribution in [2.45, 2.75) is 19.9 Å². The topological polar surface area (TPSA) is 98.0 Å². The maximum Gasteiger partial charge on any atom is 0.269 e. The average Bonchev–Trinajstić information content (AvgIpc) is 3.14. The number of nitrogens with one attached hydrogen (secondary N) is 2. The first-order chi connectivity index (χ1) is 13.2. The lowest BCUT2D eigenvalue weighted by Crippen LogP contribution is -2.38. The maximum absolute atomic E-state index is 10.7. The third kappa shape index (κ3) is 5.98. The Morgan fingerprint density at radius 3 is 2.54 bits per heavy atom. The van der Waals surface area contributed by atoms with Crippen LogP contribution in [0.2, 0.25) is 0 Å². The average molecular weight is 498 g/mol. The number of hydrogen-bond donors (Lipinski definition) is 2. The fraction of sp³-hybridized carbons (Fsp3) is 0.316. The Bertz CT molecular complexity index is 827. The molecule has 2 N–H and O–H groups in total. The highest BCUT2D eigenvalue weighted by atomic mass is 127. The van der Waals surface area contributed by atoms with Crippen LogP contribution in [0.1, 0.15) is 18.1 Å². The number of rotatable bonds is 7. The van der Waals surface area contributed by atoms with E-state index in [0.717, 1.165) is 35.6 Å². The molecule has 0 aromatic heterocycles. The van der Waals surface area contributed by atoms with Crippen molar-refractivity contribution in [1.29, 1.82) is 0 Å². The summed E-state index contributed by atoms with van der Waals surface area (Å²) >= 11 is 0. The van der Waals surface area contributed by atoms with Gasteiger partial charge in [0, 0.05) is 25.2 Å². The minimum atomic E-state index is -0.408. The van der Waals surface area contributed by atoms with Gasteiger partial charge in [0.2, 0.25) is 6.79 Å². The minimum Gasteiger partial charge on any atom is -0.454 e. The second kappa shape index (κ2) is 10.7. The predicted molar refractivity (Wildman–Crippen MR) is 118 cm³/mol. The summed E-state index contributed by atoms with van der Waals surface area (Å²) in [6.45, 7) is 4.18. The molecular formula is C19H23IN4O4. The van der Waals surface area contributed by atoms with Gasteiger partial charge in [0.05, 0.1) is 11.5 Å². The summed E-state index contributed by atoms with van der Waals surface area (Å²) in [6.07, 6.45) is 0.818. The first-order valence-electron chi connectivity index (χ1n) is 8.79. The van der Waals surface area contributed by atoms with Crippen molar-refractivity contribution in [2.75, 3.05) is 19.9 Å². The molecule has 0 unspecified atom stereocenters. The van der Waals surface area contributed by atoms with Gasteiger partial charge in [-0.3, -0.25) is 10.1 Å². The number of fused-ring (bicyclic) bond motifs is 1. The molecule has 9 heteroatoms. The van der Waals surface area contributed by atoms with E-state index in [0.29, 0.717) is 19.0 Å². The van der Waals surface area contributed by atoms with Gasteiger partial charge in [-0.05, 0) is 36.6 Å². The van der Waals surface area contributed by atoms with Crippen molar-refractivity contribution in [3.05, 3.63) is 63.7 Å². The summed E-state index contributed by atoms with van der Waals surface area (Å²) in [6, 6.07) is 12.4. The molecule has 1 aliphatic heterocycles. The Balaban J connectivity index is 0.00000280. The molecule has 0 saturated carbocycles. The summed E-state index contributed by atoms with van der Waals surface area (Å²) in [7, 11) is 0. The fourth-order valence-corrected chi connectivity index (χ4v) is 2.66. The number of halogens is 1. The van der Waals surface area contributed by atoms with Crippen LogP contribution < -0.4 is 20.1 Å². The highest BCUT2D eigenvalue weighted by Gasteiger charge is 2.13. The van der Waals surface area contributed by atoms with E-state index >= 15 is 0 Å². The number of non-ortho nitro benzene ring substituents is 1. The van der Waals surface area contributed by atoms with Gasteiger partial charge in [-0.25, -0.2) is 4.99 Å². The van der Waals surface area contributed by atoms with Crippen LogP contribution in [-0.2, 0) is 13.0 Å². The molecular weight excluding hydrogens is 475 g/mol. The molecule has 1 heterocycles. The minimum absolute atomic E-state index is 0. The number of aliphatic imine (C=N–C) groups is 1. The molecule has 28 heavy (non-hydrogen) atoms. The largest absolute Gasteiger partial charge is 0.454 e. The van der Waals surface area contributed by atoms with Gasteiger partial charge in [0.15, 0.2) is 17.5 Å². The van der Waals surface area contributed by atoms with Crippen LogP contribution in [0.3, 0.4) is 0 Å². The number of nitro groups is 1. The lowest BCUT2D eigenvalue weighted by atomic mass is 10.1. The van der Waals surface area contributed by atoms with Crippen molar-refractivity contribution in [3.8, 4) is 11.5 Å². The van der Waals surface area contributed by atoms with E-state index in [1.54, 1.807) is 12.1 Å². The molecule has 0 spiro atoms. The zero-order valence-corrected chi connectivity index (χ0v) is 17.8. The maximum atomic E-state index is 10.7. The molecule has 150 valence electrons. The zero-order chi connectivity index (χ0) is 19.1. The Labute approximate surface area is 180 Å². The molecule has 2 aromatic rings. The summed E-state index contributed by atoms with van der Waals surface area (Å²) in [5.41, 5.74) is 2.14. The molecule has 0 saturated heterocycles. The van der Waals surface area contributed by atoms with Crippen LogP contribution in [0.4, 0.5) is 5.69 Å². The van der Waals surface area contributed by atoms with Gasteiger partial charge >= 0.3 is 0 Å². The molecule has 0 amide bonds. The normalized spacial score (nSPS) is 12.2. The SMILES string of the molecule is CCNC(=NCc1ccc([N+](=O)[O-])cc1)NCCc1ccc2c(c1)OCO2.I. The van der Waals surface area contributed by atoms with E-state index in [-0.39, 0.29) is 36.5 Å². The Morgan fingerprint density at radius 1 is 1.11 bits per heavy atom. The molecule has 2 aromatic carbocycles. The zero-order valence-electron chi connectivity index (χ0n) is 15.5. The number of benzene rings is 2. The number of guanidine groups is 1. The van der Waals surface area contributed by atoms with Crippen LogP contribution in [0.5, 0.6) is 11.5 Å². The predicted octanol–water partition coefficient (Wildman–Crippen LogP) is 3.24. The highest BCUT2D eigenvalue weighted by Crippen LogP contribution is 2.32. The number of nitro benzene ring substituents is 1. The number of hydrogen-bond acceptors (Lipinski definition) is 5. The van der Waals surface area contributed by atoms with Crippen molar-refractivity contribution < 1.29 is 14.4 Å². The van der Waals surface area contributed by atoms with Gasteiger partial charge < -0.3 is 20.1 Å². The van der Waals surface area contributed by atoms with Gasteiger partial charge in [-0.15, -0.1) is 24.0 Å². The summed E-state index contributed by atoms with van der Waals surface area (Å²) < 4.78 is 10.7. The third-order valence-electron chi connectivity index (χ3n) is 4.05. The molecule has 0 fully saturated rings. The van der Waals surface area contributed by atoms with E-state index in [2.05, 4.69) is 15.6 Å². The molecule has 0 radical (unpaired) electrons. The van der Waals surface area contributed by atoms with E-state index in [1.807, 2.05) is 25.1 Å². The van der Waals surface area contributed by atoms with Crippen LogP contribution in [0, 0.1) is 10.1 Å². The third-order valence-corrected chi connectivity index (χ3v) is 4.05. The molecule has 0 bridgehead atoms. The van der Waals surface area contributed by atoms with Crippen LogP contribution in [0.15, 0.2) is 47.5 Å². The lowest BCUT2D eigenvalue weighted by molar-refractivity contribution is -0.384. The second-order valence-corrected chi connectivity index (χ2v) is 5.98. The summed E-state index contributed by atoms with van der Waals surface area (Å²) in [5.74, 6) is 2.27. The fourth-order valence-electron chi connectivity index (χ4n) is 2.66. The first-order valence-corrected chi connectivity index (χ1v) is 8.79. The molecule has 3 rings (SSSR count). The summed E-state index contributed by atoms with van der Waals surface area (Å²) in [4.78, 5) is 14.8. The Hall–Kier alpha value is -2.56. The van der Waals surface area contributed by atoms with Gasteiger partial charge in [-0.2, -0.15) is 0 Å². The number of ether oxygens (including phenoxy) is 2. The summed E-state index contributed by atoms with van der Waals surface area (Å²) in [5, 5.41) is 17.2.